The number of nitrogens with one attached hydrogen (secondary N) is 1. The SMILES string of the molecule is CNc1ccc(N2CC(C)OC(C)C2)c(F)c1. The van der Waals surface area contributed by atoms with Gasteiger partial charge in [-0.25, -0.2) is 4.39 Å². The van der Waals surface area contributed by atoms with Gasteiger partial charge in [0.25, 0.3) is 0 Å². The number of hydrogen-bond donors (Lipinski definition) is 1. The molecule has 94 valence electrons. The van der Waals surface area contributed by atoms with Crippen molar-refractivity contribution in [2.24, 2.45) is 0 Å². The fourth-order valence-corrected chi connectivity index (χ4v) is 2.29. The molecule has 1 aliphatic rings. The molecule has 1 aliphatic heterocycles. The fourth-order valence-electron chi connectivity index (χ4n) is 2.29. The second-order valence-corrected chi connectivity index (χ2v) is 4.58. The van der Waals surface area contributed by atoms with Crippen molar-refractivity contribution in [2.45, 2.75) is 26.1 Å². The monoisotopic (exact) mass is 238 g/mol. The largest absolute Gasteiger partial charge is 0.388 e. The molecule has 0 bridgehead atoms. The molecule has 1 aromatic rings. The Morgan fingerprint density at radius 1 is 1.29 bits per heavy atom. The summed E-state index contributed by atoms with van der Waals surface area (Å²) in [5.41, 5.74) is 1.45. The van der Waals surface area contributed by atoms with Crippen LogP contribution >= 0.6 is 0 Å². The molecule has 1 aromatic carbocycles. The Labute approximate surface area is 102 Å². The van der Waals surface area contributed by atoms with E-state index in [0.717, 1.165) is 18.8 Å². The Bertz CT molecular complexity index is 387. The molecule has 0 saturated carbocycles. The predicted octanol–water partition coefficient (Wildman–Crippen LogP) is 2.48. The van der Waals surface area contributed by atoms with Crippen molar-refractivity contribution in [2.75, 3.05) is 30.4 Å². The average Bonchev–Trinajstić information content (AvgIpc) is 2.27. The minimum atomic E-state index is -0.182. The first kappa shape index (κ1) is 12.2. The maximum absolute atomic E-state index is 14.0. The van der Waals surface area contributed by atoms with Crippen molar-refractivity contribution in [3.8, 4) is 0 Å². The van der Waals surface area contributed by atoms with Crippen LogP contribution in [0, 0.1) is 5.82 Å². The number of morpholine rings is 1. The Hall–Kier alpha value is -1.29. The van der Waals surface area contributed by atoms with Crippen molar-refractivity contribution in [1.29, 1.82) is 0 Å². The summed E-state index contributed by atoms with van der Waals surface area (Å²) in [4.78, 5) is 2.05. The van der Waals surface area contributed by atoms with E-state index in [9.17, 15) is 4.39 Å². The van der Waals surface area contributed by atoms with Crippen molar-refractivity contribution in [3.63, 3.8) is 0 Å². The lowest BCUT2D eigenvalue weighted by Crippen LogP contribution is -2.45. The summed E-state index contributed by atoms with van der Waals surface area (Å²) in [6, 6.07) is 5.25. The summed E-state index contributed by atoms with van der Waals surface area (Å²) in [5.74, 6) is -0.182. The number of ether oxygens (including phenoxy) is 1. The highest BCUT2D eigenvalue weighted by molar-refractivity contribution is 5.56. The molecule has 1 saturated heterocycles. The molecule has 2 unspecified atom stereocenters. The second-order valence-electron chi connectivity index (χ2n) is 4.58. The van der Waals surface area contributed by atoms with Crippen LogP contribution in [0.15, 0.2) is 18.2 Å². The highest BCUT2D eigenvalue weighted by Crippen LogP contribution is 2.25. The first-order valence-electron chi connectivity index (χ1n) is 5.98. The van der Waals surface area contributed by atoms with E-state index in [4.69, 9.17) is 4.74 Å². The lowest BCUT2D eigenvalue weighted by atomic mass is 10.2. The van der Waals surface area contributed by atoms with Gasteiger partial charge >= 0.3 is 0 Å². The molecular formula is C13H19FN2O. The lowest BCUT2D eigenvalue weighted by Gasteiger charge is -2.37. The van der Waals surface area contributed by atoms with Gasteiger partial charge < -0.3 is 15.0 Å². The Balaban J connectivity index is 2.21. The number of anilines is 2. The normalized spacial score (nSPS) is 24.8. The summed E-state index contributed by atoms with van der Waals surface area (Å²) >= 11 is 0. The third-order valence-electron chi connectivity index (χ3n) is 3.00. The maximum Gasteiger partial charge on any atom is 0.148 e. The highest BCUT2D eigenvalue weighted by Gasteiger charge is 2.24. The number of benzene rings is 1. The zero-order chi connectivity index (χ0) is 12.4. The van der Waals surface area contributed by atoms with Gasteiger partial charge in [0.2, 0.25) is 0 Å². The molecule has 0 amide bonds. The maximum atomic E-state index is 14.0. The summed E-state index contributed by atoms with van der Waals surface area (Å²) in [5, 5.41) is 2.93. The summed E-state index contributed by atoms with van der Waals surface area (Å²) in [6.07, 6.45) is 0.282. The number of rotatable bonds is 2. The van der Waals surface area contributed by atoms with Gasteiger partial charge in [0.05, 0.1) is 17.9 Å². The van der Waals surface area contributed by atoms with Crippen LogP contribution in [0.25, 0.3) is 0 Å². The summed E-state index contributed by atoms with van der Waals surface area (Å²) < 4.78 is 19.6. The molecule has 1 fully saturated rings. The van der Waals surface area contributed by atoms with E-state index in [1.165, 1.54) is 6.07 Å². The number of nitrogens with zero attached hydrogens (tertiary/aromatic N) is 1. The molecule has 0 spiro atoms. The minimum Gasteiger partial charge on any atom is -0.388 e. The van der Waals surface area contributed by atoms with Gasteiger partial charge in [-0.05, 0) is 32.0 Å². The molecule has 0 aliphatic carbocycles. The first-order chi connectivity index (χ1) is 8.10. The topological polar surface area (TPSA) is 24.5 Å². The van der Waals surface area contributed by atoms with E-state index in [-0.39, 0.29) is 18.0 Å². The smallest absolute Gasteiger partial charge is 0.148 e. The average molecular weight is 238 g/mol. The summed E-state index contributed by atoms with van der Waals surface area (Å²) in [7, 11) is 1.79. The van der Waals surface area contributed by atoms with Crippen LogP contribution in [0.3, 0.4) is 0 Å². The molecule has 0 aromatic heterocycles. The highest BCUT2D eigenvalue weighted by atomic mass is 19.1. The van der Waals surface area contributed by atoms with E-state index >= 15 is 0 Å². The van der Waals surface area contributed by atoms with Crippen molar-refractivity contribution < 1.29 is 9.13 Å². The van der Waals surface area contributed by atoms with Gasteiger partial charge in [-0.2, -0.15) is 0 Å². The number of hydrogen-bond acceptors (Lipinski definition) is 3. The van der Waals surface area contributed by atoms with Crippen LogP contribution < -0.4 is 10.2 Å². The Kier molecular flexibility index (Phi) is 3.52. The van der Waals surface area contributed by atoms with Gasteiger partial charge in [-0.15, -0.1) is 0 Å². The Morgan fingerprint density at radius 2 is 1.94 bits per heavy atom. The van der Waals surface area contributed by atoms with Gasteiger partial charge in [0.15, 0.2) is 0 Å². The molecule has 1 heterocycles. The lowest BCUT2D eigenvalue weighted by molar-refractivity contribution is -0.00539. The number of halogens is 1. The van der Waals surface area contributed by atoms with Gasteiger partial charge in [-0.1, -0.05) is 0 Å². The van der Waals surface area contributed by atoms with Gasteiger partial charge in [0, 0.05) is 25.8 Å². The molecular weight excluding hydrogens is 219 g/mol. The van der Waals surface area contributed by atoms with Crippen LogP contribution in [0.1, 0.15) is 13.8 Å². The first-order valence-corrected chi connectivity index (χ1v) is 5.98. The third kappa shape index (κ3) is 2.69. The zero-order valence-corrected chi connectivity index (χ0v) is 10.5. The van der Waals surface area contributed by atoms with Crippen molar-refractivity contribution >= 4 is 11.4 Å². The molecule has 4 heteroatoms. The quantitative estimate of drug-likeness (QED) is 0.856. The van der Waals surface area contributed by atoms with Crippen LogP contribution in [0.5, 0.6) is 0 Å². The molecule has 3 nitrogen and oxygen atoms in total. The zero-order valence-electron chi connectivity index (χ0n) is 10.5. The van der Waals surface area contributed by atoms with Crippen LogP contribution in [-0.2, 0) is 4.74 Å². The van der Waals surface area contributed by atoms with E-state index in [1.54, 1.807) is 7.05 Å². The second kappa shape index (κ2) is 4.92. The van der Waals surface area contributed by atoms with Crippen molar-refractivity contribution in [1.82, 2.24) is 0 Å². The molecule has 0 radical (unpaired) electrons. The van der Waals surface area contributed by atoms with Crippen LogP contribution in [0.2, 0.25) is 0 Å². The van der Waals surface area contributed by atoms with E-state index < -0.39 is 0 Å². The predicted molar refractivity (Wildman–Crippen MR) is 68.2 cm³/mol. The molecule has 1 N–H and O–H groups in total. The van der Waals surface area contributed by atoms with E-state index in [1.807, 2.05) is 30.9 Å². The summed E-state index contributed by atoms with van der Waals surface area (Å²) in [6.45, 7) is 5.51. The van der Waals surface area contributed by atoms with E-state index in [0.29, 0.717) is 5.69 Å². The van der Waals surface area contributed by atoms with E-state index in [2.05, 4.69) is 5.32 Å². The van der Waals surface area contributed by atoms with Gasteiger partial charge in [0.1, 0.15) is 5.82 Å². The standard InChI is InChI=1S/C13H19FN2O/c1-9-7-16(8-10(2)17-9)13-5-4-11(15-3)6-12(13)14/h4-6,9-10,15H,7-8H2,1-3H3. The molecule has 17 heavy (non-hydrogen) atoms. The van der Waals surface area contributed by atoms with Crippen LogP contribution in [0.4, 0.5) is 15.8 Å². The molecule has 2 rings (SSSR count). The third-order valence-corrected chi connectivity index (χ3v) is 3.00. The van der Waals surface area contributed by atoms with Crippen molar-refractivity contribution in [3.05, 3.63) is 24.0 Å². The van der Waals surface area contributed by atoms with Gasteiger partial charge in [-0.3, -0.25) is 0 Å². The fraction of sp³-hybridized carbons (Fsp3) is 0.538. The molecule has 2 atom stereocenters. The van der Waals surface area contributed by atoms with Crippen LogP contribution in [-0.4, -0.2) is 32.3 Å². The Morgan fingerprint density at radius 3 is 2.47 bits per heavy atom. The minimum absolute atomic E-state index is 0.141.